The van der Waals surface area contributed by atoms with Crippen molar-refractivity contribution in [2.75, 3.05) is 19.8 Å². The van der Waals surface area contributed by atoms with Crippen LogP contribution in [0, 0.1) is 0 Å². The third-order valence-corrected chi connectivity index (χ3v) is 2.70. The Hall–Kier alpha value is -0.820. The van der Waals surface area contributed by atoms with Crippen LogP contribution in [0.2, 0.25) is 0 Å². The lowest BCUT2D eigenvalue weighted by atomic mass is 9.75. The monoisotopic (exact) mass is 254 g/mol. The smallest absolute Gasteiger partial charge is 0.370 e. The van der Waals surface area contributed by atoms with Crippen LogP contribution < -0.4 is 11.1 Å². The van der Waals surface area contributed by atoms with Gasteiger partial charge in [-0.25, -0.2) is 0 Å². The van der Waals surface area contributed by atoms with Crippen LogP contribution in [-0.4, -0.2) is 37.4 Å². The topological polar surface area (TPSA) is 64.4 Å². The largest absolute Gasteiger partial charge is 0.411 e. The molecule has 1 fully saturated rings. The molecule has 17 heavy (non-hydrogen) atoms. The Morgan fingerprint density at radius 3 is 2.53 bits per heavy atom. The molecule has 100 valence electrons. The molecule has 0 bridgehead atoms. The van der Waals surface area contributed by atoms with Crippen molar-refractivity contribution in [2.45, 2.75) is 37.4 Å². The van der Waals surface area contributed by atoms with Gasteiger partial charge in [-0.05, 0) is 19.3 Å². The first-order chi connectivity index (χ1) is 7.81. The van der Waals surface area contributed by atoms with E-state index in [2.05, 4.69) is 10.1 Å². The molecule has 3 N–H and O–H groups in total. The molecule has 0 spiro atoms. The molecule has 1 saturated carbocycles. The number of nitrogens with one attached hydrogen (secondary N) is 1. The summed E-state index contributed by atoms with van der Waals surface area (Å²) >= 11 is 0. The Kier molecular flexibility index (Phi) is 4.76. The highest BCUT2D eigenvalue weighted by molar-refractivity contribution is 5.77. The fourth-order valence-electron chi connectivity index (χ4n) is 1.64. The number of amides is 1. The van der Waals surface area contributed by atoms with Crippen LogP contribution in [0.25, 0.3) is 0 Å². The number of ether oxygens (including phenoxy) is 1. The molecule has 1 aliphatic carbocycles. The average molecular weight is 254 g/mol. The van der Waals surface area contributed by atoms with Crippen molar-refractivity contribution in [1.82, 2.24) is 5.32 Å². The third-order valence-electron chi connectivity index (χ3n) is 2.70. The van der Waals surface area contributed by atoms with Gasteiger partial charge in [0.25, 0.3) is 0 Å². The van der Waals surface area contributed by atoms with E-state index in [1.807, 2.05) is 0 Å². The average Bonchev–Trinajstić information content (AvgIpc) is 2.13. The number of hydrogen-bond donors (Lipinski definition) is 2. The summed E-state index contributed by atoms with van der Waals surface area (Å²) in [5.41, 5.74) is 5.44. The lowest BCUT2D eigenvalue weighted by Crippen LogP contribution is -2.50. The zero-order valence-corrected chi connectivity index (χ0v) is 9.48. The van der Waals surface area contributed by atoms with Crippen molar-refractivity contribution in [2.24, 2.45) is 5.73 Å². The van der Waals surface area contributed by atoms with Crippen molar-refractivity contribution >= 4 is 5.91 Å². The number of nitrogens with two attached hydrogens (primary N) is 1. The Labute approximate surface area is 97.7 Å². The zero-order chi connectivity index (χ0) is 12.9. The van der Waals surface area contributed by atoms with E-state index >= 15 is 0 Å². The second-order valence-electron chi connectivity index (χ2n) is 4.41. The molecular formula is C10H17F3N2O2. The van der Waals surface area contributed by atoms with Crippen molar-refractivity contribution in [3.05, 3.63) is 0 Å². The summed E-state index contributed by atoms with van der Waals surface area (Å²) < 4.78 is 39.4. The predicted octanol–water partition coefficient (Wildman–Crippen LogP) is 0.953. The van der Waals surface area contributed by atoms with Crippen LogP contribution >= 0.6 is 0 Å². The maximum atomic E-state index is 11.7. The second-order valence-corrected chi connectivity index (χ2v) is 4.41. The van der Waals surface area contributed by atoms with Crippen molar-refractivity contribution in [3.8, 4) is 0 Å². The molecule has 0 atom stereocenters. The molecule has 0 saturated heterocycles. The van der Waals surface area contributed by atoms with E-state index in [1.54, 1.807) is 0 Å². The number of alkyl halides is 3. The van der Waals surface area contributed by atoms with E-state index in [9.17, 15) is 18.0 Å². The summed E-state index contributed by atoms with van der Waals surface area (Å²) in [6, 6.07) is 0. The van der Waals surface area contributed by atoms with Gasteiger partial charge in [0.15, 0.2) is 0 Å². The minimum absolute atomic E-state index is 0.0744. The van der Waals surface area contributed by atoms with E-state index in [0.717, 1.165) is 19.3 Å². The minimum atomic E-state index is -4.32. The van der Waals surface area contributed by atoms with Gasteiger partial charge >= 0.3 is 6.18 Å². The van der Waals surface area contributed by atoms with Gasteiger partial charge in [0.2, 0.25) is 5.91 Å². The van der Waals surface area contributed by atoms with Crippen molar-refractivity contribution in [3.63, 3.8) is 0 Å². The molecule has 0 aromatic rings. The van der Waals surface area contributed by atoms with E-state index in [1.165, 1.54) is 0 Å². The van der Waals surface area contributed by atoms with E-state index in [0.29, 0.717) is 0 Å². The third kappa shape index (κ3) is 5.88. The SMILES string of the molecule is NC1(CC(=O)NCCOCC(F)(F)F)CCC1. The standard InChI is InChI=1S/C10H17F3N2O2/c11-10(12,13)7-17-5-4-15-8(16)6-9(14)2-1-3-9/h1-7,14H2,(H,15,16). The normalized spacial score (nSPS) is 18.6. The molecule has 0 aromatic heterocycles. The van der Waals surface area contributed by atoms with E-state index < -0.39 is 18.3 Å². The summed E-state index contributed by atoms with van der Waals surface area (Å²) in [6.07, 6.45) is -1.42. The summed E-state index contributed by atoms with van der Waals surface area (Å²) in [4.78, 5) is 11.3. The summed E-state index contributed by atoms with van der Waals surface area (Å²) in [7, 11) is 0. The molecule has 7 heteroatoms. The molecule has 0 heterocycles. The lowest BCUT2D eigenvalue weighted by molar-refractivity contribution is -0.173. The van der Waals surface area contributed by atoms with Crippen molar-refractivity contribution in [1.29, 1.82) is 0 Å². The van der Waals surface area contributed by atoms with Gasteiger partial charge in [-0.3, -0.25) is 4.79 Å². The molecule has 0 aromatic carbocycles. The van der Waals surface area contributed by atoms with E-state index in [4.69, 9.17) is 5.73 Å². The molecule has 0 aliphatic heterocycles. The zero-order valence-electron chi connectivity index (χ0n) is 9.48. The van der Waals surface area contributed by atoms with Gasteiger partial charge in [0.05, 0.1) is 6.61 Å². The first-order valence-electron chi connectivity index (χ1n) is 5.51. The Balaban J connectivity index is 2.01. The number of rotatable bonds is 6. The minimum Gasteiger partial charge on any atom is -0.370 e. The molecule has 1 aliphatic rings. The quantitative estimate of drug-likeness (QED) is 0.694. The highest BCUT2D eigenvalue weighted by Crippen LogP contribution is 2.31. The fourth-order valence-corrected chi connectivity index (χ4v) is 1.64. The van der Waals surface area contributed by atoms with Crippen LogP contribution in [0.15, 0.2) is 0 Å². The lowest BCUT2D eigenvalue weighted by Gasteiger charge is -2.37. The van der Waals surface area contributed by atoms with Crippen molar-refractivity contribution < 1.29 is 22.7 Å². The number of carbonyl (C=O) groups excluding carboxylic acids is 1. The number of halogens is 3. The summed E-state index contributed by atoms with van der Waals surface area (Å²) in [6.45, 7) is -1.36. The highest BCUT2D eigenvalue weighted by atomic mass is 19.4. The Morgan fingerprint density at radius 1 is 1.41 bits per heavy atom. The van der Waals surface area contributed by atoms with Crippen LogP contribution in [0.3, 0.4) is 0 Å². The van der Waals surface area contributed by atoms with Gasteiger partial charge in [-0.15, -0.1) is 0 Å². The van der Waals surface area contributed by atoms with Crippen LogP contribution in [-0.2, 0) is 9.53 Å². The molecule has 1 rings (SSSR count). The molecular weight excluding hydrogens is 237 g/mol. The highest BCUT2D eigenvalue weighted by Gasteiger charge is 2.34. The van der Waals surface area contributed by atoms with Crippen LogP contribution in [0.5, 0.6) is 0 Å². The Bertz CT molecular complexity index is 265. The molecule has 4 nitrogen and oxygen atoms in total. The van der Waals surface area contributed by atoms with Gasteiger partial charge in [0.1, 0.15) is 6.61 Å². The number of hydrogen-bond acceptors (Lipinski definition) is 3. The van der Waals surface area contributed by atoms with Crippen LogP contribution in [0.4, 0.5) is 13.2 Å². The van der Waals surface area contributed by atoms with Gasteiger partial charge in [0, 0.05) is 18.5 Å². The fraction of sp³-hybridized carbons (Fsp3) is 0.900. The molecule has 1 amide bonds. The van der Waals surface area contributed by atoms with Crippen LogP contribution in [0.1, 0.15) is 25.7 Å². The maximum Gasteiger partial charge on any atom is 0.411 e. The van der Waals surface area contributed by atoms with Gasteiger partial charge < -0.3 is 15.8 Å². The summed E-state index contributed by atoms with van der Waals surface area (Å²) in [5, 5.41) is 2.48. The molecule has 0 unspecified atom stereocenters. The Morgan fingerprint density at radius 2 is 2.06 bits per heavy atom. The second kappa shape index (κ2) is 5.68. The van der Waals surface area contributed by atoms with E-state index in [-0.39, 0.29) is 25.5 Å². The first kappa shape index (κ1) is 14.2. The van der Waals surface area contributed by atoms with Gasteiger partial charge in [-0.2, -0.15) is 13.2 Å². The number of carbonyl (C=O) groups is 1. The van der Waals surface area contributed by atoms with Gasteiger partial charge in [-0.1, -0.05) is 0 Å². The predicted molar refractivity (Wildman–Crippen MR) is 55.3 cm³/mol. The molecule has 0 radical (unpaired) electrons. The maximum absolute atomic E-state index is 11.7. The first-order valence-corrected chi connectivity index (χ1v) is 5.51. The summed E-state index contributed by atoms with van der Waals surface area (Å²) in [5.74, 6) is -0.234.